The quantitative estimate of drug-likeness (QED) is 0.471. The molecule has 2 aliphatic rings. The summed E-state index contributed by atoms with van der Waals surface area (Å²) in [7, 11) is 0. The molecule has 1 amide bonds. The van der Waals surface area contributed by atoms with E-state index in [4.69, 9.17) is 4.74 Å². The van der Waals surface area contributed by atoms with Crippen LogP contribution in [-0.4, -0.2) is 42.3 Å². The van der Waals surface area contributed by atoms with Crippen molar-refractivity contribution < 1.29 is 9.53 Å². The van der Waals surface area contributed by atoms with Gasteiger partial charge in [0, 0.05) is 13.1 Å². The lowest BCUT2D eigenvalue weighted by molar-refractivity contribution is -0.113. The van der Waals surface area contributed by atoms with Crippen LogP contribution < -0.4 is 0 Å². The zero-order chi connectivity index (χ0) is 18.9. The Balaban J connectivity index is 1.48. The molecule has 1 aromatic rings. The molecule has 5 heteroatoms. The number of amides is 1. The van der Waals surface area contributed by atoms with Gasteiger partial charge in [-0.15, -0.1) is 0 Å². The summed E-state index contributed by atoms with van der Waals surface area (Å²) in [6.07, 6.45) is 11.0. The third-order valence-corrected chi connectivity index (χ3v) is 6.03. The molecule has 0 unspecified atom stereocenters. The number of carbonyl (C=O) groups is 1. The fraction of sp³-hybridized carbons (Fsp3) is 0.545. The standard InChI is InChI=1S/C22H30N2O2S/c1-2-3-4-5-6-7-8-18-9-11-19(12-10-18)17-20-21(25)23-22(27-20)24-13-15-26-16-14-24/h9-12,17H,2-8,13-16H2,1H3/b20-17-. The van der Waals surface area contributed by atoms with Crippen molar-refractivity contribution in [2.24, 2.45) is 4.99 Å². The molecule has 146 valence electrons. The normalized spacial score (nSPS) is 19.0. The van der Waals surface area contributed by atoms with E-state index >= 15 is 0 Å². The van der Waals surface area contributed by atoms with Crippen molar-refractivity contribution in [1.29, 1.82) is 0 Å². The monoisotopic (exact) mass is 386 g/mol. The number of ether oxygens (including phenoxy) is 1. The van der Waals surface area contributed by atoms with E-state index in [0.717, 1.165) is 30.2 Å². The van der Waals surface area contributed by atoms with Crippen molar-refractivity contribution in [2.45, 2.75) is 51.9 Å². The molecular formula is C22H30N2O2S. The zero-order valence-corrected chi connectivity index (χ0v) is 17.1. The first-order chi connectivity index (χ1) is 13.3. The van der Waals surface area contributed by atoms with Crippen LogP contribution in [-0.2, 0) is 16.0 Å². The molecule has 0 bridgehead atoms. The second kappa shape index (κ2) is 10.7. The molecule has 3 rings (SSSR count). The van der Waals surface area contributed by atoms with Crippen LogP contribution in [0.2, 0.25) is 0 Å². The van der Waals surface area contributed by atoms with Crippen molar-refractivity contribution in [3.8, 4) is 0 Å². The summed E-state index contributed by atoms with van der Waals surface area (Å²) in [4.78, 5) is 19.3. The lowest BCUT2D eigenvalue weighted by Gasteiger charge is -2.27. The molecule has 2 heterocycles. The van der Waals surface area contributed by atoms with Crippen molar-refractivity contribution in [1.82, 2.24) is 4.90 Å². The number of thioether (sulfide) groups is 1. The van der Waals surface area contributed by atoms with Gasteiger partial charge in [0.25, 0.3) is 5.91 Å². The Morgan fingerprint density at radius 3 is 2.52 bits per heavy atom. The lowest BCUT2D eigenvalue weighted by atomic mass is 10.0. The molecule has 1 fully saturated rings. The Kier molecular flexibility index (Phi) is 7.96. The SMILES string of the molecule is CCCCCCCCc1ccc(/C=C2\SC(N3CCOCC3)=NC2=O)cc1. The van der Waals surface area contributed by atoms with E-state index in [9.17, 15) is 4.79 Å². The van der Waals surface area contributed by atoms with Crippen LogP contribution in [0.4, 0.5) is 0 Å². The first kappa shape index (κ1) is 20.2. The van der Waals surface area contributed by atoms with Gasteiger partial charge in [-0.2, -0.15) is 4.99 Å². The summed E-state index contributed by atoms with van der Waals surface area (Å²) in [5.74, 6) is -0.127. The maximum Gasteiger partial charge on any atom is 0.286 e. The maximum absolute atomic E-state index is 12.2. The number of carbonyl (C=O) groups excluding carboxylic acids is 1. The molecule has 0 aliphatic carbocycles. The van der Waals surface area contributed by atoms with Gasteiger partial charge in [0.1, 0.15) is 0 Å². The average Bonchev–Trinajstić information content (AvgIpc) is 3.07. The molecule has 0 N–H and O–H groups in total. The Morgan fingerprint density at radius 2 is 1.78 bits per heavy atom. The van der Waals surface area contributed by atoms with E-state index in [2.05, 4.69) is 41.1 Å². The molecule has 0 radical (unpaired) electrons. The molecule has 0 aromatic heterocycles. The van der Waals surface area contributed by atoms with E-state index in [1.54, 1.807) is 0 Å². The van der Waals surface area contributed by atoms with Gasteiger partial charge in [-0.25, -0.2) is 0 Å². The van der Waals surface area contributed by atoms with Gasteiger partial charge in [-0.05, 0) is 41.8 Å². The van der Waals surface area contributed by atoms with Crippen LogP contribution in [0.3, 0.4) is 0 Å². The Hall–Kier alpha value is -1.59. The van der Waals surface area contributed by atoms with Crippen LogP contribution in [0.15, 0.2) is 34.2 Å². The number of hydrogen-bond donors (Lipinski definition) is 0. The van der Waals surface area contributed by atoms with Gasteiger partial charge in [-0.1, -0.05) is 63.3 Å². The summed E-state index contributed by atoms with van der Waals surface area (Å²) in [6.45, 7) is 5.27. The second-order valence-electron chi connectivity index (χ2n) is 7.17. The number of rotatable bonds is 8. The Bertz CT molecular complexity index is 676. The average molecular weight is 387 g/mol. The minimum atomic E-state index is -0.127. The number of amidine groups is 1. The van der Waals surface area contributed by atoms with Crippen LogP contribution in [0.25, 0.3) is 6.08 Å². The van der Waals surface area contributed by atoms with E-state index in [1.165, 1.54) is 55.9 Å². The minimum Gasteiger partial charge on any atom is -0.378 e. The molecule has 2 aliphatic heterocycles. The molecule has 0 spiro atoms. The predicted octanol–water partition coefficient (Wildman–Crippen LogP) is 4.89. The third-order valence-electron chi connectivity index (χ3n) is 4.99. The van der Waals surface area contributed by atoms with Gasteiger partial charge >= 0.3 is 0 Å². The Morgan fingerprint density at radius 1 is 1.07 bits per heavy atom. The highest BCUT2D eigenvalue weighted by atomic mass is 32.2. The van der Waals surface area contributed by atoms with Crippen molar-refractivity contribution >= 4 is 28.9 Å². The highest BCUT2D eigenvalue weighted by molar-refractivity contribution is 8.18. The van der Waals surface area contributed by atoms with Crippen LogP contribution >= 0.6 is 11.8 Å². The number of hydrogen-bond acceptors (Lipinski definition) is 4. The van der Waals surface area contributed by atoms with Crippen LogP contribution in [0.5, 0.6) is 0 Å². The molecule has 1 aromatic carbocycles. The first-order valence-corrected chi connectivity index (χ1v) is 11.0. The molecular weight excluding hydrogens is 356 g/mol. The maximum atomic E-state index is 12.2. The van der Waals surface area contributed by atoms with Crippen LogP contribution in [0, 0.1) is 0 Å². The predicted molar refractivity (Wildman–Crippen MR) is 114 cm³/mol. The van der Waals surface area contributed by atoms with Crippen molar-refractivity contribution in [3.63, 3.8) is 0 Å². The summed E-state index contributed by atoms with van der Waals surface area (Å²) in [5, 5.41) is 0.814. The van der Waals surface area contributed by atoms with Crippen LogP contribution in [0.1, 0.15) is 56.6 Å². The van der Waals surface area contributed by atoms with Crippen molar-refractivity contribution in [3.05, 3.63) is 40.3 Å². The topological polar surface area (TPSA) is 41.9 Å². The zero-order valence-electron chi connectivity index (χ0n) is 16.3. The van der Waals surface area contributed by atoms with E-state index in [-0.39, 0.29) is 5.91 Å². The lowest BCUT2D eigenvalue weighted by Crippen LogP contribution is -2.38. The fourth-order valence-electron chi connectivity index (χ4n) is 3.33. The summed E-state index contributed by atoms with van der Waals surface area (Å²) in [5.41, 5.74) is 2.44. The minimum absolute atomic E-state index is 0.127. The van der Waals surface area contributed by atoms with E-state index < -0.39 is 0 Å². The summed E-state index contributed by atoms with van der Waals surface area (Å²) in [6, 6.07) is 8.60. The molecule has 4 nitrogen and oxygen atoms in total. The first-order valence-electron chi connectivity index (χ1n) is 10.2. The smallest absolute Gasteiger partial charge is 0.286 e. The molecule has 0 saturated carbocycles. The molecule has 0 atom stereocenters. The number of morpholine rings is 1. The number of benzene rings is 1. The van der Waals surface area contributed by atoms with E-state index in [1.807, 2.05) is 6.08 Å². The largest absolute Gasteiger partial charge is 0.378 e. The number of aliphatic imine (C=N–C) groups is 1. The van der Waals surface area contributed by atoms with Gasteiger partial charge in [0.05, 0.1) is 18.1 Å². The van der Waals surface area contributed by atoms with E-state index in [0.29, 0.717) is 18.1 Å². The van der Waals surface area contributed by atoms with Gasteiger partial charge < -0.3 is 9.64 Å². The summed E-state index contributed by atoms with van der Waals surface area (Å²) < 4.78 is 5.37. The highest BCUT2D eigenvalue weighted by Crippen LogP contribution is 2.30. The molecule has 27 heavy (non-hydrogen) atoms. The van der Waals surface area contributed by atoms with Gasteiger partial charge in [0.15, 0.2) is 5.17 Å². The fourth-order valence-corrected chi connectivity index (χ4v) is 4.29. The van der Waals surface area contributed by atoms with Gasteiger partial charge in [0.2, 0.25) is 0 Å². The third kappa shape index (κ3) is 6.22. The Labute approximate surface area is 167 Å². The molecule has 1 saturated heterocycles. The number of aryl methyl sites for hydroxylation is 1. The highest BCUT2D eigenvalue weighted by Gasteiger charge is 2.26. The van der Waals surface area contributed by atoms with Gasteiger partial charge in [-0.3, -0.25) is 4.79 Å². The van der Waals surface area contributed by atoms with Crippen molar-refractivity contribution in [2.75, 3.05) is 26.3 Å². The number of unbranched alkanes of at least 4 members (excludes halogenated alkanes) is 5. The summed E-state index contributed by atoms with van der Waals surface area (Å²) >= 11 is 1.48. The second-order valence-corrected chi connectivity index (χ2v) is 8.18. The number of nitrogens with zero attached hydrogens (tertiary/aromatic N) is 2.